The number of fused-ring (bicyclic) bond motifs is 1. The van der Waals surface area contributed by atoms with Crippen LogP contribution in [0.15, 0.2) is 18.6 Å². The van der Waals surface area contributed by atoms with Crippen LogP contribution in [-0.2, 0) is 6.42 Å². The normalized spacial score (nSPS) is 12.2. The summed E-state index contributed by atoms with van der Waals surface area (Å²) < 4.78 is 36.0. The lowest BCUT2D eigenvalue weighted by Crippen LogP contribution is -2.12. The second kappa shape index (κ2) is 2.97. The molecule has 0 amide bonds. The Hall–Kier alpha value is -1.59. The van der Waals surface area contributed by atoms with Crippen LogP contribution in [-0.4, -0.2) is 21.1 Å². The van der Waals surface area contributed by atoms with Gasteiger partial charge in [0.15, 0.2) is 0 Å². The molecular weight excluding hydrogens is 195 g/mol. The number of nitrogens with one attached hydrogen (secondary N) is 1. The van der Waals surface area contributed by atoms with E-state index < -0.39 is 12.6 Å². The molecule has 2 rings (SSSR count). The van der Waals surface area contributed by atoms with Gasteiger partial charge in [-0.15, -0.1) is 0 Å². The lowest BCUT2D eigenvalue weighted by Gasteiger charge is -2.04. The zero-order chi connectivity index (χ0) is 10.2. The van der Waals surface area contributed by atoms with Crippen LogP contribution < -0.4 is 0 Å². The summed E-state index contributed by atoms with van der Waals surface area (Å²) in [5.41, 5.74) is 1.12. The molecule has 0 saturated carbocycles. The molecule has 0 aromatic carbocycles. The van der Waals surface area contributed by atoms with Gasteiger partial charge in [0.1, 0.15) is 0 Å². The predicted molar refractivity (Wildman–Crippen MR) is 43.6 cm³/mol. The highest BCUT2D eigenvalue weighted by Gasteiger charge is 2.28. The van der Waals surface area contributed by atoms with E-state index in [4.69, 9.17) is 0 Å². The summed E-state index contributed by atoms with van der Waals surface area (Å²) in [6.07, 6.45) is -2.47. The number of hydrogen-bond donors (Lipinski definition) is 1. The number of aromatic amines is 1. The molecule has 0 aliphatic heterocycles. The molecule has 14 heavy (non-hydrogen) atoms. The molecule has 2 aromatic rings. The van der Waals surface area contributed by atoms with Crippen LogP contribution in [0.25, 0.3) is 11.0 Å². The number of imidazole rings is 1. The second-order valence-corrected chi connectivity index (χ2v) is 2.89. The number of H-pyrrole nitrogens is 1. The molecule has 3 nitrogen and oxygen atoms in total. The Kier molecular flexibility index (Phi) is 1.90. The highest BCUT2D eigenvalue weighted by molar-refractivity contribution is 5.73. The molecule has 0 aliphatic carbocycles. The molecule has 2 heterocycles. The van der Waals surface area contributed by atoms with Gasteiger partial charge >= 0.3 is 6.18 Å². The van der Waals surface area contributed by atoms with Crippen LogP contribution in [0.4, 0.5) is 13.2 Å². The van der Waals surface area contributed by atoms with Crippen molar-refractivity contribution in [1.29, 1.82) is 0 Å². The Bertz CT molecular complexity index is 446. The summed E-state index contributed by atoms with van der Waals surface area (Å²) in [6, 6.07) is 1.33. The van der Waals surface area contributed by atoms with Gasteiger partial charge in [-0.1, -0.05) is 0 Å². The van der Waals surface area contributed by atoms with Crippen LogP contribution in [0.3, 0.4) is 0 Å². The fourth-order valence-electron chi connectivity index (χ4n) is 1.18. The van der Waals surface area contributed by atoms with Crippen LogP contribution in [0.1, 0.15) is 5.69 Å². The van der Waals surface area contributed by atoms with Crippen molar-refractivity contribution in [2.45, 2.75) is 12.6 Å². The maximum atomic E-state index is 12.0. The van der Waals surface area contributed by atoms with Gasteiger partial charge in [0.05, 0.1) is 35.7 Å². The summed E-state index contributed by atoms with van der Waals surface area (Å²) in [5, 5.41) is 0. The van der Waals surface area contributed by atoms with Crippen molar-refractivity contribution < 1.29 is 13.2 Å². The second-order valence-electron chi connectivity index (χ2n) is 2.89. The minimum atomic E-state index is -4.23. The van der Waals surface area contributed by atoms with Gasteiger partial charge in [-0.3, -0.25) is 4.98 Å². The maximum absolute atomic E-state index is 12.0. The third kappa shape index (κ3) is 1.84. The monoisotopic (exact) mass is 201 g/mol. The standard InChI is InChI=1S/C8H6F3N3/c9-8(10,11)2-5-1-6-7(3-12-5)14-4-13-6/h1,3-4H,2H2,(H,13,14). The smallest absolute Gasteiger partial charge is 0.343 e. The van der Waals surface area contributed by atoms with Crippen molar-refractivity contribution in [3.8, 4) is 0 Å². The first-order valence-electron chi connectivity index (χ1n) is 3.89. The number of aromatic nitrogens is 3. The van der Waals surface area contributed by atoms with Gasteiger partial charge in [-0.25, -0.2) is 4.98 Å². The van der Waals surface area contributed by atoms with E-state index in [-0.39, 0.29) is 5.69 Å². The Morgan fingerprint density at radius 3 is 2.79 bits per heavy atom. The van der Waals surface area contributed by atoms with Crippen LogP contribution in [0.2, 0.25) is 0 Å². The molecule has 0 fully saturated rings. The summed E-state index contributed by atoms with van der Waals surface area (Å²) in [5.74, 6) is 0. The van der Waals surface area contributed by atoms with Gasteiger partial charge in [-0.2, -0.15) is 13.2 Å². The molecule has 1 N–H and O–H groups in total. The molecule has 0 aliphatic rings. The summed E-state index contributed by atoms with van der Waals surface area (Å²) in [7, 11) is 0. The molecule has 0 radical (unpaired) electrons. The van der Waals surface area contributed by atoms with Crippen molar-refractivity contribution in [2.24, 2.45) is 0 Å². The molecule has 2 aromatic heterocycles. The van der Waals surface area contributed by atoms with Gasteiger partial charge in [-0.05, 0) is 6.07 Å². The molecule has 0 spiro atoms. The highest BCUT2D eigenvalue weighted by atomic mass is 19.4. The lowest BCUT2D eigenvalue weighted by atomic mass is 10.2. The fourth-order valence-corrected chi connectivity index (χ4v) is 1.18. The summed E-state index contributed by atoms with van der Waals surface area (Å²) >= 11 is 0. The highest BCUT2D eigenvalue weighted by Crippen LogP contribution is 2.21. The van der Waals surface area contributed by atoms with E-state index in [1.807, 2.05) is 0 Å². The molecule has 0 unspecified atom stereocenters. The largest absolute Gasteiger partial charge is 0.394 e. The first-order chi connectivity index (χ1) is 6.54. The Morgan fingerprint density at radius 1 is 1.29 bits per heavy atom. The number of rotatable bonds is 1. The van der Waals surface area contributed by atoms with E-state index in [0.717, 1.165) is 0 Å². The van der Waals surface area contributed by atoms with E-state index in [9.17, 15) is 13.2 Å². The number of nitrogens with zero attached hydrogens (tertiary/aromatic N) is 2. The van der Waals surface area contributed by atoms with Crippen LogP contribution >= 0.6 is 0 Å². The molecule has 0 saturated heterocycles. The van der Waals surface area contributed by atoms with Crippen molar-refractivity contribution in [3.05, 3.63) is 24.3 Å². The van der Waals surface area contributed by atoms with Crippen molar-refractivity contribution in [2.75, 3.05) is 0 Å². The Balaban J connectivity index is 2.35. The number of halogens is 3. The molecular formula is C8H6F3N3. The van der Waals surface area contributed by atoms with E-state index in [2.05, 4.69) is 15.0 Å². The number of hydrogen-bond acceptors (Lipinski definition) is 2. The van der Waals surface area contributed by atoms with Crippen LogP contribution in [0, 0.1) is 0 Å². The molecule has 0 bridgehead atoms. The van der Waals surface area contributed by atoms with E-state index in [0.29, 0.717) is 11.0 Å². The van der Waals surface area contributed by atoms with Crippen molar-refractivity contribution in [3.63, 3.8) is 0 Å². The van der Waals surface area contributed by atoms with E-state index in [1.165, 1.54) is 18.6 Å². The van der Waals surface area contributed by atoms with E-state index in [1.54, 1.807) is 0 Å². The van der Waals surface area contributed by atoms with Gasteiger partial charge in [0, 0.05) is 0 Å². The minimum Gasteiger partial charge on any atom is -0.343 e. The molecule has 0 atom stereocenters. The zero-order valence-corrected chi connectivity index (χ0v) is 6.97. The van der Waals surface area contributed by atoms with Gasteiger partial charge in [0.2, 0.25) is 0 Å². The van der Waals surface area contributed by atoms with Crippen molar-refractivity contribution >= 4 is 11.0 Å². The Morgan fingerprint density at radius 2 is 2.07 bits per heavy atom. The molecule has 6 heteroatoms. The maximum Gasteiger partial charge on any atom is 0.394 e. The van der Waals surface area contributed by atoms with Gasteiger partial charge < -0.3 is 4.98 Å². The molecule has 74 valence electrons. The summed E-state index contributed by atoms with van der Waals surface area (Å²) in [4.78, 5) is 10.3. The number of pyridine rings is 1. The third-order valence-corrected chi connectivity index (χ3v) is 1.74. The average molecular weight is 201 g/mol. The topological polar surface area (TPSA) is 41.6 Å². The first kappa shape index (κ1) is 8.98. The summed E-state index contributed by atoms with van der Waals surface area (Å²) in [6.45, 7) is 0. The van der Waals surface area contributed by atoms with Gasteiger partial charge in [0.25, 0.3) is 0 Å². The average Bonchev–Trinajstić information content (AvgIpc) is 2.47. The fraction of sp³-hybridized carbons (Fsp3) is 0.250. The Labute approximate surface area is 77.0 Å². The predicted octanol–water partition coefficient (Wildman–Crippen LogP) is 2.06. The quantitative estimate of drug-likeness (QED) is 0.767. The zero-order valence-electron chi connectivity index (χ0n) is 6.97. The van der Waals surface area contributed by atoms with Crippen molar-refractivity contribution in [1.82, 2.24) is 15.0 Å². The minimum absolute atomic E-state index is 0.0166. The SMILES string of the molecule is FC(F)(F)Cc1cc2nc[nH]c2cn1. The van der Waals surface area contributed by atoms with Crippen LogP contribution in [0.5, 0.6) is 0 Å². The van der Waals surface area contributed by atoms with E-state index >= 15 is 0 Å². The lowest BCUT2D eigenvalue weighted by molar-refractivity contribution is -0.127. The third-order valence-electron chi connectivity index (χ3n) is 1.74. The first-order valence-corrected chi connectivity index (χ1v) is 3.89. The number of alkyl halides is 3.